The quantitative estimate of drug-likeness (QED) is 0.639. The molecule has 2 nitrogen and oxygen atoms in total. The third kappa shape index (κ3) is 3.99. The van der Waals surface area contributed by atoms with E-state index in [-0.39, 0.29) is 0 Å². The summed E-state index contributed by atoms with van der Waals surface area (Å²) in [7, 11) is 0. The monoisotopic (exact) mass is 174 g/mol. The summed E-state index contributed by atoms with van der Waals surface area (Å²) in [4.78, 5) is 2.55. The average Bonchev–Trinajstić information content (AvgIpc) is 2.07. The fourth-order valence-electron chi connectivity index (χ4n) is 1.30. The van der Waals surface area contributed by atoms with Crippen molar-refractivity contribution in [3.05, 3.63) is 0 Å². The molecule has 0 aromatic rings. The molecular formula is C8H18N2S. The zero-order chi connectivity index (χ0) is 7.94. The van der Waals surface area contributed by atoms with Gasteiger partial charge in [-0.25, -0.2) is 0 Å². The number of hydrogen-bond donors (Lipinski definition) is 1. The number of thioether (sulfide) groups is 1. The van der Waals surface area contributed by atoms with Gasteiger partial charge in [0.15, 0.2) is 0 Å². The summed E-state index contributed by atoms with van der Waals surface area (Å²) in [6.07, 6.45) is 2.46. The second-order valence-electron chi connectivity index (χ2n) is 2.95. The highest BCUT2D eigenvalue weighted by atomic mass is 32.2. The van der Waals surface area contributed by atoms with Crippen LogP contribution in [0.3, 0.4) is 0 Å². The van der Waals surface area contributed by atoms with Gasteiger partial charge in [-0.2, -0.15) is 11.8 Å². The van der Waals surface area contributed by atoms with Gasteiger partial charge in [-0.1, -0.05) is 0 Å². The lowest BCUT2D eigenvalue weighted by Crippen LogP contribution is -2.33. The standard InChI is InChI=1S/C8H18N2S/c9-3-1-2-4-10-5-7-11-8-6-10/h1-9H2. The third-order valence-electron chi connectivity index (χ3n) is 2.03. The molecule has 0 aromatic carbocycles. The van der Waals surface area contributed by atoms with Crippen LogP contribution in [-0.2, 0) is 0 Å². The number of hydrogen-bond acceptors (Lipinski definition) is 3. The zero-order valence-electron chi connectivity index (χ0n) is 7.09. The second kappa shape index (κ2) is 5.86. The van der Waals surface area contributed by atoms with Crippen molar-refractivity contribution in [2.45, 2.75) is 12.8 Å². The van der Waals surface area contributed by atoms with Gasteiger partial charge in [-0.05, 0) is 25.9 Å². The van der Waals surface area contributed by atoms with Crippen LogP contribution in [0, 0.1) is 0 Å². The lowest BCUT2D eigenvalue weighted by Gasteiger charge is -2.25. The van der Waals surface area contributed by atoms with Crippen LogP contribution in [0.5, 0.6) is 0 Å². The van der Waals surface area contributed by atoms with Crippen LogP contribution in [0.25, 0.3) is 0 Å². The minimum absolute atomic E-state index is 0.850. The van der Waals surface area contributed by atoms with E-state index < -0.39 is 0 Å². The number of unbranched alkanes of at least 4 members (excludes halogenated alkanes) is 1. The minimum Gasteiger partial charge on any atom is -0.330 e. The first-order chi connectivity index (χ1) is 5.43. The molecule has 1 aliphatic rings. The molecule has 0 amide bonds. The topological polar surface area (TPSA) is 29.3 Å². The van der Waals surface area contributed by atoms with Gasteiger partial charge in [-0.3, -0.25) is 0 Å². The molecule has 0 bridgehead atoms. The smallest absolute Gasteiger partial charge is 0.00727 e. The molecule has 1 heterocycles. The molecule has 0 unspecified atom stereocenters. The van der Waals surface area contributed by atoms with E-state index in [4.69, 9.17) is 5.73 Å². The van der Waals surface area contributed by atoms with Crippen molar-refractivity contribution < 1.29 is 0 Å². The fraction of sp³-hybridized carbons (Fsp3) is 1.00. The Bertz CT molecular complexity index is 92.1. The molecule has 3 heteroatoms. The fourth-order valence-corrected chi connectivity index (χ4v) is 2.28. The third-order valence-corrected chi connectivity index (χ3v) is 2.97. The van der Waals surface area contributed by atoms with Gasteiger partial charge in [0.2, 0.25) is 0 Å². The maximum atomic E-state index is 5.42. The van der Waals surface area contributed by atoms with E-state index in [1.807, 2.05) is 0 Å². The Morgan fingerprint density at radius 3 is 2.55 bits per heavy atom. The van der Waals surface area contributed by atoms with Crippen LogP contribution < -0.4 is 5.73 Å². The summed E-state index contributed by atoms with van der Waals surface area (Å²) in [5.41, 5.74) is 5.42. The molecule has 0 spiro atoms. The molecule has 1 fully saturated rings. The SMILES string of the molecule is NCCCCN1CCSCC1. The lowest BCUT2D eigenvalue weighted by atomic mass is 10.3. The van der Waals surface area contributed by atoms with Gasteiger partial charge >= 0.3 is 0 Å². The van der Waals surface area contributed by atoms with Crippen LogP contribution >= 0.6 is 11.8 Å². The average molecular weight is 174 g/mol. The predicted octanol–water partition coefficient (Wildman–Crippen LogP) is 0.774. The van der Waals surface area contributed by atoms with E-state index in [2.05, 4.69) is 16.7 Å². The molecule has 0 saturated carbocycles. The largest absolute Gasteiger partial charge is 0.330 e. The molecule has 0 aromatic heterocycles. The van der Waals surface area contributed by atoms with Crippen molar-refractivity contribution in [3.8, 4) is 0 Å². The Morgan fingerprint density at radius 2 is 1.91 bits per heavy atom. The maximum absolute atomic E-state index is 5.42. The lowest BCUT2D eigenvalue weighted by molar-refractivity contribution is 0.296. The Balaban J connectivity index is 1.96. The number of nitrogens with zero attached hydrogens (tertiary/aromatic N) is 1. The van der Waals surface area contributed by atoms with E-state index in [1.54, 1.807) is 0 Å². The van der Waals surface area contributed by atoms with Gasteiger partial charge in [0.1, 0.15) is 0 Å². The Labute approximate surface area is 73.5 Å². The predicted molar refractivity (Wildman–Crippen MR) is 52.1 cm³/mol. The second-order valence-corrected chi connectivity index (χ2v) is 4.17. The van der Waals surface area contributed by atoms with Crippen molar-refractivity contribution in [1.82, 2.24) is 4.90 Å². The normalized spacial score (nSPS) is 20.5. The molecule has 2 N–H and O–H groups in total. The Hall–Kier alpha value is 0.270. The van der Waals surface area contributed by atoms with Crippen molar-refractivity contribution in [2.24, 2.45) is 5.73 Å². The van der Waals surface area contributed by atoms with E-state index in [1.165, 1.54) is 44.0 Å². The number of nitrogens with two attached hydrogens (primary N) is 1. The van der Waals surface area contributed by atoms with Crippen LogP contribution in [0.2, 0.25) is 0 Å². The maximum Gasteiger partial charge on any atom is 0.00727 e. The van der Waals surface area contributed by atoms with Crippen LogP contribution in [0.15, 0.2) is 0 Å². The van der Waals surface area contributed by atoms with Crippen molar-refractivity contribution >= 4 is 11.8 Å². The zero-order valence-corrected chi connectivity index (χ0v) is 7.91. The van der Waals surface area contributed by atoms with Gasteiger partial charge in [-0.15, -0.1) is 0 Å². The molecule has 1 saturated heterocycles. The van der Waals surface area contributed by atoms with Crippen LogP contribution in [0.4, 0.5) is 0 Å². The van der Waals surface area contributed by atoms with Gasteiger partial charge in [0.05, 0.1) is 0 Å². The summed E-state index contributed by atoms with van der Waals surface area (Å²) in [6.45, 7) is 4.69. The Kier molecular flexibility index (Phi) is 4.99. The van der Waals surface area contributed by atoms with Gasteiger partial charge < -0.3 is 10.6 Å². The van der Waals surface area contributed by atoms with E-state index >= 15 is 0 Å². The highest BCUT2D eigenvalue weighted by molar-refractivity contribution is 7.99. The summed E-state index contributed by atoms with van der Waals surface area (Å²) >= 11 is 2.07. The Morgan fingerprint density at radius 1 is 1.18 bits per heavy atom. The molecule has 0 radical (unpaired) electrons. The first-order valence-corrected chi connectivity index (χ1v) is 5.59. The molecule has 0 atom stereocenters. The van der Waals surface area contributed by atoms with Gasteiger partial charge in [0, 0.05) is 24.6 Å². The molecule has 1 rings (SSSR count). The molecular weight excluding hydrogens is 156 g/mol. The molecule has 1 aliphatic heterocycles. The summed E-state index contributed by atoms with van der Waals surface area (Å²) in [6, 6.07) is 0. The highest BCUT2D eigenvalue weighted by Gasteiger charge is 2.08. The molecule has 0 aliphatic carbocycles. The molecule has 11 heavy (non-hydrogen) atoms. The summed E-state index contributed by atoms with van der Waals surface area (Å²) < 4.78 is 0. The first kappa shape index (κ1) is 9.36. The number of rotatable bonds is 4. The van der Waals surface area contributed by atoms with Crippen molar-refractivity contribution in [2.75, 3.05) is 37.7 Å². The molecule has 66 valence electrons. The van der Waals surface area contributed by atoms with E-state index in [0.717, 1.165) is 6.54 Å². The minimum atomic E-state index is 0.850. The summed E-state index contributed by atoms with van der Waals surface area (Å²) in [5, 5.41) is 0. The van der Waals surface area contributed by atoms with Gasteiger partial charge in [0.25, 0.3) is 0 Å². The van der Waals surface area contributed by atoms with Crippen LogP contribution in [-0.4, -0.2) is 42.6 Å². The van der Waals surface area contributed by atoms with E-state index in [9.17, 15) is 0 Å². The first-order valence-electron chi connectivity index (χ1n) is 4.43. The highest BCUT2D eigenvalue weighted by Crippen LogP contribution is 2.09. The van der Waals surface area contributed by atoms with Crippen molar-refractivity contribution in [1.29, 1.82) is 0 Å². The van der Waals surface area contributed by atoms with Crippen LogP contribution in [0.1, 0.15) is 12.8 Å². The van der Waals surface area contributed by atoms with Crippen molar-refractivity contribution in [3.63, 3.8) is 0 Å². The summed E-state index contributed by atoms with van der Waals surface area (Å²) in [5.74, 6) is 2.64. The van der Waals surface area contributed by atoms with E-state index in [0.29, 0.717) is 0 Å².